The summed E-state index contributed by atoms with van der Waals surface area (Å²) in [6, 6.07) is 64.5. The summed E-state index contributed by atoms with van der Waals surface area (Å²) in [5.74, 6) is 1.70. The monoisotopic (exact) mass is 693 g/mol. The first-order valence-electron chi connectivity index (χ1n) is 18.4. The highest BCUT2D eigenvalue weighted by atomic mass is 28.3. The van der Waals surface area contributed by atoms with E-state index in [0.717, 1.165) is 28.4 Å². The van der Waals surface area contributed by atoms with E-state index in [1.165, 1.54) is 64.9 Å². The van der Waals surface area contributed by atoms with Gasteiger partial charge in [-0.05, 0) is 38.3 Å². The van der Waals surface area contributed by atoms with Crippen LogP contribution in [0.25, 0.3) is 61.4 Å². The van der Waals surface area contributed by atoms with Crippen molar-refractivity contribution in [3.63, 3.8) is 0 Å². The Kier molecular flexibility index (Phi) is 6.32. The van der Waals surface area contributed by atoms with Gasteiger partial charge in [-0.2, -0.15) is 0 Å². The molecule has 250 valence electrons. The van der Waals surface area contributed by atoms with Crippen LogP contribution in [0.5, 0.6) is 0 Å². The van der Waals surface area contributed by atoms with Gasteiger partial charge in [-0.25, -0.2) is 9.97 Å². The molecule has 2 aromatic heterocycles. The van der Waals surface area contributed by atoms with Crippen LogP contribution < -0.4 is 20.7 Å². The molecule has 0 unspecified atom stereocenters. The second-order valence-corrected chi connectivity index (χ2v) is 18.6. The van der Waals surface area contributed by atoms with Gasteiger partial charge in [0.15, 0.2) is 13.9 Å². The zero-order valence-electron chi connectivity index (χ0n) is 29.6. The zero-order valence-corrected chi connectivity index (χ0v) is 30.6. The van der Waals surface area contributed by atoms with Gasteiger partial charge >= 0.3 is 0 Å². The summed E-state index contributed by atoms with van der Waals surface area (Å²) in [6.07, 6.45) is 0. The summed E-state index contributed by atoms with van der Waals surface area (Å²) in [5, 5.41) is 7.71. The van der Waals surface area contributed by atoms with Crippen molar-refractivity contribution in [3.05, 3.63) is 187 Å². The second kappa shape index (κ2) is 11.1. The van der Waals surface area contributed by atoms with Crippen LogP contribution >= 0.6 is 0 Å². The second-order valence-electron chi connectivity index (χ2n) is 14.9. The summed E-state index contributed by atoms with van der Waals surface area (Å²) in [7, 11) is -3.00. The van der Waals surface area contributed by atoms with Gasteiger partial charge in [-0.3, -0.25) is 4.57 Å². The van der Waals surface area contributed by atoms with Crippen LogP contribution in [-0.4, -0.2) is 22.6 Å². The van der Waals surface area contributed by atoms with Gasteiger partial charge in [0.1, 0.15) is 5.82 Å². The first-order valence-corrected chi connectivity index (χ1v) is 20.4. The summed E-state index contributed by atoms with van der Waals surface area (Å²) in [5.41, 5.74) is 10.8. The van der Waals surface area contributed by atoms with Gasteiger partial charge in [0.05, 0.1) is 16.7 Å². The van der Waals surface area contributed by atoms with Crippen molar-refractivity contribution in [2.45, 2.75) is 19.3 Å². The molecule has 0 atom stereocenters. The molecule has 1 aliphatic heterocycles. The van der Waals surface area contributed by atoms with Crippen LogP contribution in [0.4, 0.5) is 0 Å². The smallest absolute Gasteiger partial charge is 0.187 e. The van der Waals surface area contributed by atoms with Gasteiger partial charge in [-0.1, -0.05) is 184 Å². The summed E-state index contributed by atoms with van der Waals surface area (Å²) >= 11 is 0. The van der Waals surface area contributed by atoms with E-state index >= 15 is 0 Å². The standard InChI is InChI=1S/C49H35N3Si/c1-49(2)39-27-15-12-25-37(39)43-40(49)31-30-36-35-24-13-16-28-41(35)52(45(36)43)48-46-44(50-47(51-48)32-18-6-3-7-19-32)38-26-14-17-29-42(38)53(46,33-20-8-4-9-21-33)34-22-10-5-11-23-34/h3-31H,1-2H3. The molecule has 7 aromatic carbocycles. The van der Waals surface area contributed by atoms with E-state index in [2.05, 4.69) is 194 Å². The Bertz CT molecular complexity index is 2870. The predicted octanol–water partition coefficient (Wildman–Crippen LogP) is 8.90. The van der Waals surface area contributed by atoms with Crippen molar-refractivity contribution in [1.29, 1.82) is 0 Å². The minimum absolute atomic E-state index is 0.146. The van der Waals surface area contributed by atoms with E-state index in [4.69, 9.17) is 9.97 Å². The topological polar surface area (TPSA) is 30.7 Å². The minimum atomic E-state index is -3.00. The lowest BCUT2D eigenvalue weighted by molar-refractivity contribution is 0.661. The van der Waals surface area contributed by atoms with E-state index in [1.54, 1.807) is 0 Å². The van der Waals surface area contributed by atoms with E-state index in [-0.39, 0.29) is 5.41 Å². The van der Waals surface area contributed by atoms with Crippen LogP contribution in [0, 0.1) is 0 Å². The van der Waals surface area contributed by atoms with Crippen LogP contribution in [0.3, 0.4) is 0 Å². The summed E-state index contributed by atoms with van der Waals surface area (Å²) < 4.78 is 2.52. The number of benzene rings is 7. The Morgan fingerprint density at radius 2 is 1.11 bits per heavy atom. The van der Waals surface area contributed by atoms with Crippen LogP contribution in [0.2, 0.25) is 0 Å². The molecule has 53 heavy (non-hydrogen) atoms. The van der Waals surface area contributed by atoms with Crippen LogP contribution in [-0.2, 0) is 5.41 Å². The van der Waals surface area contributed by atoms with Crippen molar-refractivity contribution in [2.24, 2.45) is 0 Å². The fourth-order valence-corrected chi connectivity index (χ4v) is 14.8. The Morgan fingerprint density at radius 1 is 0.509 bits per heavy atom. The Hall–Kier alpha value is -6.36. The number of fused-ring (bicyclic) bond motifs is 10. The molecule has 3 heterocycles. The van der Waals surface area contributed by atoms with Crippen molar-refractivity contribution < 1.29 is 0 Å². The number of rotatable bonds is 4. The average Bonchev–Trinajstić information content (AvgIpc) is 3.80. The minimum Gasteiger partial charge on any atom is -0.293 e. The van der Waals surface area contributed by atoms with Crippen molar-refractivity contribution >= 4 is 50.6 Å². The highest BCUT2D eigenvalue weighted by molar-refractivity contribution is 7.22. The van der Waals surface area contributed by atoms with Crippen molar-refractivity contribution in [3.8, 4) is 39.6 Å². The lowest BCUT2D eigenvalue weighted by atomic mass is 9.82. The fraction of sp³-hybridized carbons (Fsp3) is 0.0612. The van der Waals surface area contributed by atoms with Crippen LogP contribution in [0.15, 0.2) is 176 Å². The third kappa shape index (κ3) is 3.99. The molecule has 11 rings (SSSR count). The molecule has 4 heteroatoms. The normalized spacial score (nSPS) is 14.5. The molecular formula is C49H35N3Si. The maximum atomic E-state index is 5.79. The third-order valence-electron chi connectivity index (χ3n) is 11.9. The number of para-hydroxylation sites is 1. The zero-order chi connectivity index (χ0) is 35.3. The number of hydrogen-bond acceptors (Lipinski definition) is 2. The van der Waals surface area contributed by atoms with Gasteiger partial charge in [-0.15, -0.1) is 0 Å². The Balaban J connectivity index is 1.39. The van der Waals surface area contributed by atoms with Gasteiger partial charge < -0.3 is 0 Å². The molecule has 0 saturated heterocycles. The van der Waals surface area contributed by atoms with Gasteiger partial charge in [0, 0.05) is 38.1 Å². The van der Waals surface area contributed by atoms with E-state index in [0.29, 0.717) is 0 Å². The molecule has 1 aliphatic carbocycles. The molecule has 0 saturated carbocycles. The molecule has 0 fully saturated rings. The largest absolute Gasteiger partial charge is 0.293 e. The molecule has 3 nitrogen and oxygen atoms in total. The highest BCUT2D eigenvalue weighted by Crippen LogP contribution is 2.53. The third-order valence-corrected chi connectivity index (χ3v) is 16.7. The molecule has 0 spiro atoms. The number of aromatic nitrogens is 3. The molecule has 0 N–H and O–H groups in total. The van der Waals surface area contributed by atoms with Crippen molar-refractivity contribution in [1.82, 2.24) is 14.5 Å². The average molecular weight is 694 g/mol. The first kappa shape index (κ1) is 30.3. The quantitative estimate of drug-likeness (QED) is 0.173. The summed E-state index contributed by atoms with van der Waals surface area (Å²) in [4.78, 5) is 11.4. The van der Waals surface area contributed by atoms with Gasteiger partial charge in [0.25, 0.3) is 0 Å². The van der Waals surface area contributed by atoms with Crippen molar-refractivity contribution in [2.75, 3.05) is 0 Å². The van der Waals surface area contributed by atoms with Crippen LogP contribution in [0.1, 0.15) is 25.0 Å². The lowest BCUT2D eigenvalue weighted by Gasteiger charge is -2.32. The number of hydrogen-bond donors (Lipinski definition) is 0. The molecule has 0 radical (unpaired) electrons. The molecular weight excluding hydrogens is 659 g/mol. The lowest BCUT2D eigenvalue weighted by Crippen LogP contribution is -2.73. The highest BCUT2D eigenvalue weighted by Gasteiger charge is 2.52. The molecule has 0 amide bonds. The summed E-state index contributed by atoms with van der Waals surface area (Å²) in [6.45, 7) is 4.73. The predicted molar refractivity (Wildman–Crippen MR) is 222 cm³/mol. The SMILES string of the molecule is CC1(C)c2ccccc2-c2c1ccc1c3ccccc3n(-c3nc(-c4ccccc4)nc4c3[Si](c3ccccc3)(c3ccccc3)c3ccccc3-4)c21. The molecule has 2 aliphatic rings. The van der Waals surface area contributed by atoms with E-state index < -0.39 is 8.07 Å². The number of nitrogens with zero attached hydrogens (tertiary/aromatic N) is 3. The van der Waals surface area contributed by atoms with E-state index in [9.17, 15) is 0 Å². The maximum absolute atomic E-state index is 5.79. The Labute approximate surface area is 309 Å². The Morgan fingerprint density at radius 3 is 1.85 bits per heavy atom. The fourth-order valence-electron chi connectivity index (χ4n) is 9.62. The maximum Gasteiger partial charge on any atom is 0.187 e. The molecule has 0 bridgehead atoms. The van der Waals surface area contributed by atoms with Gasteiger partial charge in [0.2, 0.25) is 0 Å². The van der Waals surface area contributed by atoms with E-state index in [1.807, 2.05) is 0 Å². The first-order chi connectivity index (χ1) is 26.1. The molecule has 9 aromatic rings.